The van der Waals surface area contributed by atoms with Crippen LogP contribution in [0.3, 0.4) is 0 Å². The summed E-state index contributed by atoms with van der Waals surface area (Å²) >= 11 is 0. The predicted molar refractivity (Wildman–Crippen MR) is 66.4 cm³/mol. The van der Waals surface area contributed by atoms with E-state index in [0.29, 0.717) is 12.2 Å². The monoisotopic (exact) mass is 233 g/mol. The molecule has 0 spiro atoms. The number of hydrogen-bond acceptors (Lipinski definition) is 3. The predicted octanol–water partition coefficient (Wildman–Crippen LogP) is 1.41. The smallest absolute Gasteiger partial charge is 0.272 e. The molecule has 1 saturated heterocycles. The third-order valence-corrected chi connectivity index (χ3v) is 3.35. The summed E-state index contributed by atoms with van der Waals surface area (Å²) in [6.07, 6.45) is 3.86. The fourth-order valence-electron chi connectivity index (χ4n) is 2.05. The SMILES string of the molecule is CC1CCN(C(=O)c2ccc(CN)cn2)CC1. The topological polar surface area (TPSA) is 59.2 Å². The Balaban J connectivity index is 2.03. The molecule has 0 saturated carbocycles. The van der Waals surface area contributed by atoms with Crippen LogP contribution in [0.4, 0.5) is 0 Å². The highest BCUT2D eigenvalue weighted by molar-refractivity contribution is 5.92. The highest BCUT2D eigenvalue weighted by atomic mass is 16.2. The van der Waals surface area contributed by atoms with Crippen molar-refractivity contribution in [1.29, 1.82) is 0 Å². The van der Waals surface area contributed by atoms with Gasteiger partial charge in [0.1, 0.15) is 5.69 Å². The quantitative estimate of drug-likeness (QED) is 0.840. The number of hydrogen-bond donors (Lipinski definition) is 1. The van der Waals surface area contributed by atoms with Crippen LogP contribution in [-0.2, 0) is 6.54 Å². The number of rotatable bonds is 2. The van der Waals surface area contributed by atoms with Gasteiger partial charge in [0.05, 0.1) is 0 Å². The molecular formula is C13H19N3O. The van der Waals surface area contributed by atoms with Gasteiger partial charge in [0, 0.05) is 25.8 Å². The molecule has 2 heterocycles. The van der Waals surface area contributed by atoms with E-state index in [1.165, 1.54) is 0 Å². The first-order valence-corrected chi connectivity index (χ1v) is 6.15. The maximum Gasteiger partial charge on any atom is 0.272 e. The minimum Gasteiger partial charge on any atom is -0.337 e. The van der Waals surface area contributed by atoms with Gasteiger partial charge in [-0.2, -0.15) is 0 Å². The van der Waals surface area contributed by atoms with Crippen molar-refractivity contribution in [2.75, 3.05) is 13.1 Å². The molecule has 17 heavy (non-hydrogen) atoms. The average molecular weight is 233 g/mol. The maximum absolute atomic E-state index is 12.1. The fraction of sp³-hybridized carbons (Fsp3) is 0.538. The standard InChI is InChI=1S/C13H19N3O/c1-10-4-6-16(7-5-10)13(17)12-3-2-11(8-14)9-15-12/h2-3,9-10H,4-8,14H2,1H3. The Kier molecular flexibility index (Phi) is 3.74. The lowest BCUT2D eigenvalue weighted by Gasteiger charge is -2.30. The Morgan fingerprint density at radius 3 is 2.71 bits per heavy atom. The summed E-state index contributed by atoms with van der Waals surface area (Å²) in [5, 5.41) is 0. The van der Waals surface area contributed by atoms with Gasteiger partial charge in [0.2, 0.25) is 0 Å². The largest absolute Gasteiger partial charge is 0.337 e. The van der Waals surface area contributed by atoms with Crippen molar-refractivity contribution in [1.82, 2.24) is 9.88 Å². The van der Waals surface area contributed by atoms with Gasteiger partial charge in [-0.1, -0.05) is 13.0 Å². The molecular weight excluding hydrogens is 214 g/mol. The number of carbonyl (C=O) groups excluding carboxylic acids is 1. The first kappa shape index (κ1) is 12.0. The third kappa shape index (κ3) is 2.82. The molecule has 0 aromatic carbocycles. The lowest BCUT2D eigenvalue weighted by Crippen LogP contribution is -2.38. The van der Waals surface area contributed by atoms with E-state index in [1.807, 2.05) is 11.0 Å². The normalized spacial score (nSPS) is 17.2. The van der Waals surface area contributed by atoms with Crippen LogP contribution < -0.4 is 5.73 Å². The van der Waals surface area contributed by atoms with Crippen LogP contribution in [-0.4, -0.2) is 28.9 Å². The Labute approximate surface area is 102 Å². The van der Waals surface area contributed by atoms with E-state index in [1.54, 1.807) is 12.3 Å². The van der Waals surface area contributed by atoms with Gasteiger partial charge in [-0.25, -0.2) is 0 Å². The van der Waals surface area contributed by atoms with E-state index in [2.05, 4.69) is 11.9 Å². The van der Waals surface area contributed by atoms with Gasteiger partial charge in [-0.15, -0.1) is 0 Å². The highest BCUT2D eigenvalue weighted by Gasteiger charge is 2.21. The van der Waals surface area contributed by atoms with E-state index in [9.17, 15) is 4.79 Å². The van der Waals surface area contributed by atoms with Crippen LogP contribution in [0.5, 0.6) is 0 Å². The summed E-state index contributed by atoms with van der Waals surface area (Å²) in [6.45, 7) is 4.39. The van der Waals surface area contributed by atoms with Crippen LogP contribution in [0, 0.1) is 5.92 Å². The third-order valence-electron chi connectivity index (χ3n) is 3.35. The summed E-state index contributed by atoms with van der Waals surface area (Å²) in [6, 6.07) is 3.63. The summed E-state index contributed by atoms with van der Waals surface area (Å²) in [7, 11) is 0. The van der Waals surface area contributed by atoms with E-state index in [4.69, 9.17) is 5.73 Å². The van der Waals surface area contributed by atoms with Crippen LogP contribution in [0.2, 0.25) is 0 Å². The number of likely N-dealkylation sites (tertiary alicyclic amines) is 1. The number of amides is 1. The lowest BCUT2D eigenvalue weighted by atomic mass is 9.99. The van der Waals surface area contributed by atoms with Crippen molar-refractivity contribution in [3.63, 3.8) is 0 Å². The number of nitrogens with two attached hydrogens (primary N) is 1. The van der Waals surface area contributed by atoms with Crippen LogP contribution in [0.15, 0.2) is 18.3 Å². The number of piperidine rings is 1. The van der Waals surface area contributed by atoms with Crippen molar-refractivity contribution in [2.24, 2.45) is 11.7 Å². The van der Waals surface area contributed by atoms with E-state index < -0.39 is 0 Å². The summed E-state index contributed by atoms with van der Waals surface area (Å²) in [5.74, 6) is 0.770. The van der Waals surface area contributed by atoms with Gasteiger partial charge in [0.25, 0.3) is 5.91 Å². The molecule has 1 aromatic rings. The molecule has 2 N–H and O–H groups in total. The van der Waals surface area contributed by atoms with Crippen molar-refractivity contribution in [2.45, 2.75) is 26.3 Å². The van der Waals surface area contributed by atoms with Crippen LogP contribution in [0.25, 0.3) is 0 Å². The molecule has 4 heteroatoms. The van der Waals surface area contributed by atoms with E-state index >= 15 is 0 Å². The lowest BCUT2D eigenvalue weighted by molar-refractivity contribution is 0.0691. The Bertz CT molecular complexity index is 380. The zero-order chi connectivity index (χ0) is 12.3. The first-order chi connectivity index (χ1) is 8.20. The molecule has 1 aliphatic rings. The fourth-order valence-corrected chi connectivity index (χ4v) is 2.05. The molecule has 0 aliphatic carbocycles. The van der Waals surface area contributed by atoms with Gasteiger partial charge >= 0.3 is 0 Å². The van der Waals surface area contributed by atoms with Gasteiger partial charge < -0.3 is 10.6 Å². The highest BCUT2D eigenvalue weighted by Crippen LogP contribution is 2.17. The van der Waals surface area contributed by atoms with E-state index in [0.717, 1.165) is 37.4 Å². The number of aromatic nitrogens is 1. The number of pyridine rings is 1. The molecule has 0 atom stereocenters. The molecule has 1 amide bonds. The van der Waals surface area contributed by atoms with Crippen molar-refractivity contribution >= 4 is 5.91 Å². The minimum atomic E-state index is 0.0421. The maximum atomic E-state index is 12.1. The van der Waals surface area contributed by atoms with Crippen molar-refractivity contribution in [3.05, 3.63) is 29.6 Å². The Hall–Kier alpha value is -1.42. The molecule has 0 unspecified atom stereocenters. The molecule has 2 rings (SSSR count). The Morgan fingerprint density at radius 2 is 2.18 bits per heavy atom. The van der Waals surface area contributed by atoms with Crippen LogP contribution >= 0.6 is 0 Å². The molecule has 1 aliphatic heterocycles. The second kappa shape index (κ2) is 5.27. The first-order valence-electron chi connectivity index (χ1n) is 6.15. The second-order valence-corrected chi connectivity index (χ2v) is 4.73. The molecule has 92 valence electrons. The summed E-state index contributed by atoms with van der Waals surface area (Å²) in [4.78, 5) is 18.2. The number of nitrogens with zero attached hydrogens (tertiary/aromatic N) is 2. The van der Waals surface area contributed by atoms with Crippen molar-refractivity contribution < 1.29 is 4.79 Å². The van der Waals surface area contributed by atoms with Crippen LogP contribution in [0.1, 0.15) is 35.8 Å². The van der Waals surface area contributed by atoms with Gasteiger partial charge in [-0.3, -0.25) is 9.78 Å². The van der Waals surface area contributed by atoms with Gasteiger partial charge in [-0.05, 0) is 30.4 Å². The molecule has 0 radical (unpaired) electrons. The molecule has 4 nitrogen and oxygen atoms in total. The summed E-state index contributed by atoms with van der Waals surface area (Å²) < 4.78 is 0. The zero-order valence-corrected chi connectivity index (χ0v) is 10.2. The molecule has 1 aromatic heterocycles. The zero-order valence-electron chi connectivity index (χ0n) is 10.2. The molecule has 0 bridgehead atoms. The van der Waals surface area contributed by atoms with Crippen molar-refractivity contribution in [3.8, 4) is 0 Å². The summed E-state index contributed by atoms with van der Waals surface area (Å²) in [5.41, 5.74) is 6.98. The average Bonchev–Trinajstić information content (AvgIpc) is 2.39. The van der Waals surface area contributed by atoms with E-state index in [-0.39, 0.29) is 5.91 Å². The number of carbonyl (C=O) groups is 1. The minimum absolute atomic E-state index is 0.0421. The van der Waals surface area contributed by atoms with Gasteiger partial charge in [0.15, 0.2) is 0 Å². The molecule has 1 fully saturated rings. The second-order valence-electron chi connectivity index (χ2n) is 4.73. The Morgan fingerprint density at radius 1 is 1.47 bits per heavy atom.